The second-order valence-electron chi connectivity index (χ2n) is 6.64. The van der Waals surface area contributed by atoms with Crippen molar-refractivity contribution in [1.82, 2.24) is 4.90 Å². The van der Waals surface area contributed by atoms with Crippen molar-refractivity contribution >= 4 is 0 Å². The van der Waals surface area contributed by atoms with Gasteiger partial charge in [-0.15, -0.1) is 0 Å². The van der Waals surface area contributed by atoms with Crippen LogP contribution in [0.4, 0.5) is 0 Å². The molecular formula is C19H41NO4. The maximum atomic E-state index is 8.99. The van der Waals surface area contributed by atoms with E-state index < -0.39 is 5.97 Å². The fourth-order valence-electron chi connectivity index (χ4n) is 3.31. The van der Waals surface area contributed by atoms with Gasteiger partial charge in [0.05, 0.1) is 6.61 Å². The van der Waals surface area contributed by atoms with Crippen LogP contribution in [-0.2, 0) is 14.2 Å². The zero-order valence-corrected chi connectivity index (χ0v) is 16.7. The molecule has 0 amide bonds. The number of nitrogens with zero attached hydrogens (tertiary/aromatic N) is 1. The van der Waals surface area contributed by atoms with Crippen molar-refractivity contribution < 1.29 is 19.3 Å². The summed E-state index contributed by atoms with van der Waals surface area (Å²) in [6.45, 7) is 4.12. The molecule has 5 heteroatoms. The number of aliphatic hydroxyl groups is 1. The molecule has 0 aromatic heterocycles. The van der Waals surface area contributed by atoms with Crippen LogP contribution in [0.25, 0.3) is 0 Å². The Hall–Kier alpha value is -0.200. The van der Waals surface area contributed by atoms with Crippen molar-refractivity contribution in [2.24, 2.45) is 5.92 Å². The van der Waals surface area contributed by atoms with Crippen LogP contribution < -0.4 is 0 Å². The molecule has 0 saturated carbocycles. The smallest absolute Gasteiger partial charge is 0.285 e. The number of likely N-dealkylation sites (N-methyl/N-ethyl adjacent to an activating group) is 1. The summed E-state index contributed by atoms with van der Waals surface area (Å²) in [7, 11) is 6.99. The van der Waals surface area contributed by atoms with E-state index in [0.29, 0.717) is 6.54 Å². The second kappa shape index (κ2) is 15.1. The zero-order chi connectivity index (χ0) is 18.3. The first-order valence-electron chi connectivity index (χ1n) is 9.55. The Balaban J connectivity index is 4.43. The molecule has 0 saturated heterocycles. The molecule has 0 aromatic rings. The van der Waals surface area contributed by atoms with E-state index in [0.717, 1.165) is 25.8 Å². The summed E-state index contributed by atoms with van der Waals surface area (Å²) in [6, 6.07) is 0. The summed E-state index contributed by atoms with van der Waals surface area (Å²) in [5.41, 5.74) is 0. The van der Waals surface area contributed by atoms with E-state index in [1.54, 1.807) is 21.3 Å². The lowest BCUT2D eigenvalue weighted by Crippen LogP contribution is -2.44. The third-order valence-electron chi connectivity index (χ3n) is 4.83. The summed E-state index contributed by atoms with van der Waals surface area (Å²) < 4.78 is 16.8. The van der Waals surface area contributed by atoms with Gasteiger partial charge in [-0.3, -0.25) is 0 Å². The Morgan fingerprint density at radius 2 is 1.38 bits per heavy atom. The van der Waals surface area contributed by atoms with Crippen molar-refractivity contribution in [2.75, 3.05) is 48.1 Å². The van der Waals surface area contributed by atoms with Crippen LogP contribution in [0.15, 0.2) is 0 Å². The summed E-state index contributed by atoms with van der Waals surface area (Å²) in [5, 5.41) is 8.99. The third kappa shape index (κ3) is 9.33. The van der Waals surface area contributed by atoms with Crippen LogP contribution in [0.5, 0.6) is 0 Å². The average molecular weight is 348 g/mol. The van der Waals surface area contributed by atoms with E-state index in [4.69, 9.17) is 19.3 Å². The van der Waals surface area contributed by atoms with Gasteiger partial charge in [-0.05, 0) is 32.9 Å². The highest BCUT2D eigenvalue weighted by Gasteiger charge is 2.39. The molecule has 146 valence electrons. The highest BCUT2D eigenvalue weighted by atomic mass is 16.9. The molecule has 0 rings (SSSR count). The summed E-state index contributed by atoms with van der Waals surface area (Å²) in [6.07, 6.45) is 10.8. The van der Waals surface area contributed by atoms with E-state index in [2.05, 4.69) is 11.8 Å². The van der Waals surface area contributed by atoms with Crippen molar-refractivity contribution in [3.8, 4) is 0 Å². The van der Waals surface area contributed by atoms with Gasteiger partial charge < -0.3 is 24.2 Å². The molecule has 0 radical (unpaired) electrons. The highest BCUT2D eigenvalue weighted by Crippen LogP contribution is 2.32. The lowest BCUT2D eigenvalue weighted by Gasteiger charge is -2.36. The number of unbranched alkanes of at least 4 members (excludes halogenated alkanes) is 5. The Morgan fingerprint density at radius 1 is 0.833 bits per heavy atom. The van der Waals surface area contributed by atoms with Gasteiger partial charge in [0.1, 0.15) is 0 Å². The van der Waals surface area contributed by atoms with E-state index in [9.17, 15) is 0 Å². The Morgan fingerprint density at radius 3 is 1.92 bits per heavy atom. The lowest BCUT2D eigenvalue weighted by molar-refractivity contribution is -0.380. The van der Waals surface area contributed by atoms with E-state index in [1.165, 1.54) is 38.5 Å². The Bertz CT molecular complexity index is 264. The quantitative estimate of drug-likeness (QED) is 0.321. The number of aliphatic hydroxyl groups excluding tert-OH is 1. The SMILES string of the molecule is CCCCCCCCC(CCCN(C)CCO)C(OC)(OC)OC. The first-order valence-corrected chi connectivity index (χ1v) is 9.55. The lowest BCUT2D eigenvalue weighted by atomic mass is 9.92. The number of hydrogen-bond donors (Lipinski definition) is 1. The van der Waals surface area contributed by atoms with E-state index in [-0.39, 0.29) is 12.5 Å². The first kappa shape index (κ1) is 23.8. The minimum absolute atomic E-state index is 0.204. The summed E-state index contributed by atoms with van der Waals surface area (Å²) in [4.78, 5) is 2.15. The number of methoxy groups -OCH3 is 3. The van der Waals surface area contributed by atoms with Crippen LogP contribution in [0.2, 0.25) is 0 Å². The highest BCUT2D eigenvalue weighted by molar-refractivity contribution is 4.72. The molecule has 0 aliphatic heterocycles. The molecule has 0 heterocycles. The van der Waals surface area contributed by atoms with Crippen LogP contribution in [0.1, 0.15) is 64.7 Å². The van der Waals surface area contributed by atoms with Gasteiger partial charge in [-0.1, -0.05) is 45.4 Å². The van der Waals surface area contributed by atoms with E-state index in [1.807, 2.05) is 7.05 Å². The van der Waals surface area contributed by atoms with Crippen LogP contribution in [0, 0.1) is 5.92 Å². The van der Waals surface area contributed by atoms with Crippen molar-refractivity contribution in [3.63, 3.8) is 0 Å². The van der Waals surface area contributed by atoms with Gasteiger partial charge in [0.15, 0.2) is 0 Å². The van der Waals surface area contributed by atoms with Crippen LogP contribution in [-0.4, -0.2) is 64.1 Å². The predicted molar refractivity (Wildman–Crippen MR) is 99.1 cm³/mol. The van der Waals surface area contributed by atoms with E-state index >= 15 is 0 Å². The minimum atomic E-state index is -0.945. The number of rotatable bonds is 17. The standard InChI is InChI=1S/C19H41NO4/c1-6-7-8-9-10-11-13-18(19(22-3,23-4)24-5)14-12-15-20(2)16-17-21/h18,21H,6-17H2,1-5H3. The summed E-state index contributed by atoms with van der Waals surface area (Å²) >= 11 is 0. The minimum Gasteiger partial charge on any atom is -0.395 e. The molecule has 0 aromatic carbocycles. The maximum Gasteiger partial charge on any atom is 0.285 e. The third-order valence-corrected chi connectivity index (χ3v) is 4.83. The fraction of sp³-hybridized carbons (Fsp3) is 1.00. The average Bonchev–Trinajstić information content (AvgIpc) is 2.59. The maximum absolute atomic E-state index is 8.99. The molecule has 1 atom stereocenters. The molecule has 0 fully saturated rings. The van der Waals surface area contributed by atoms with Gasteiger partial charge >= 0.3 is 0 Å². The zero-order valence-electron chi connectivity index (χ0n) is 16.7. The molecule has 1 N–H and O–H groups in total. The van der Waals surface area contributed by atoms with Crippen molar-refractivity contribution in [3.05, 3.63) is 0 Å². The molecule has 5 nitrogen and oxygen atoms in total. The molecule has 1 unspecified atom stereocenters. The van der Waals surface area contributed by atoms with Crippen LogP contribution >= 0.6 is 0 Å². The molecule has 24 heavy (non-hydrogen) atoms. The monoisotopic (exact) mass is 347 g/mol. The second-order valence-corrected chi connectivity index (χ2v) is 6.64. The molecule has 0 spiro atoms. The topological polar surface area (TPSA) is 51.2 Å². The van der Waals surface area contributed by atoms with Crippen molar-refractivity contribution in [1.29, 1.82) is 0 Å². The van der Waals surface area contributed by atoms with Gasteiger partial charge in [0, 0.05) is 33.8 Å². The normalized spacial score (nSPS) is 13.6. The predicted octanol–water partition coefficient (Wildman–Crippen LogP) is 3.65. The van der Waals surface area contributed by atoms with Gasteiger partial charge in [-0.25, -0.2) is 0 Å². The Kier molecular flexibility index (Phi) is 15.0. The summed E-state index contributed by atoms with van der Waals surface area (Å²) in [5.74, 6) is -0.731. The number of ether oxygens (including phenoxy) is 3. The first-order chi connectivity index (χ1) is 11.6. The molecular weight excluding hydrogens is 306 g/mol. The molecule has 0 aliphatic carbocycles. The van der Waals surface area contributed by atoms with Gasteiger partial charge in [0.2, 0.25) is 0 Å². The largest absolute Gasteiger partial charge is 0.395 e. The Labute approximate surface area is 149 Å². The van der Waals surface area contributed by atoms with Gasteiger partial charge in [-0.2, -0.15) is 0 Å². The van der Waals surface area contributed by atoms with Gasteiger partial charge in [0.25, 0.3) is 5.97 Å². The van der Waals surface area contributed by atoms with Crippen molar-refractivity contribution in [2.45, 2.75) is 70.7 Å². The fourth-order valence-corrected chi connectivity index (χ4v) is 3.31. The number of hydrogen-bond acceptors (Lipinski definition) is 5. The van der Waals surface area contributed by atoms with Crippen LogP contribution in [0.3, 0.4) is 0 Å². The molecule has 0 bridgehead atoms. The molecule has 0 aliphatic rings.